The van der Waals surface area contributed by atoms with Crippen molar-refractivity contribution in [2.24, 2.45) is 5.14 Å². The molecule has 4 heterocycles. The van der Waals surface area contributed by atoms with Crippen LogP contribution in [0, 0.1) is 0 Å². The molecule has 238 valence electrons. The predicted molar refractivity (Wildman–Crippen MR) is 177 cm³/mol. The van der Waals surface area contributed by atoms with Gasteiger partial charge in [-0.2, -0.15) is 0 Å². The van der Waals surface area contributed by atoms with Crippen LogP contribution >= 0.6 is 34.9 Å². The van der Waals surface area contributed by atoms with Crippen molar-refractivity contribution < 1.29 is 19.4 Å². The highest BCUT2D eigenvalue weighted by molar-refractivity contribution is 7.98. The molecule has 12 nitrogen and oxygen atoms in total. The van der Waals surface area contributed by atoms with Crippen LogP contribution in [-0.4, -0.2) is 112 Å². The van der Waals surface area contributed by atoms with Gasteiger partial charge in [-0.25, -0.2) is 4.79 Å². The third-order valence-electron chi connectivity index (χ3n) is 8.44. The Hall–Kier alpha value is -3.24. The van der Waals surface area contributed by atoms with Gasteiger partial charge in [0.2, 0.25) is 11.0 Å². The molecule has 2 aliphatic rings. The summed E-state index contributed by atoms with van der Waals surface area (Å²) in [6.07, 6.45) is 3.74. The molecule has 2 saturated heterocycles. The Bertz CT molecular complexity index is 1630. The molecule has 4 aromatic rings. The number of amides is 1. The monoisotopic (exact) mass is 670 g/mol. The Morgan fingerprint density at radius 2 is 1.84 bits per heavy atom. The SMILES string of the molecule is NSc1nnc(NC(=O)CN2CCN(C3CCN(CCOc4ccc(-c5cc6c(C(=O)O)c[nH]c6cc5Cl)cc4)CC3)CC2)s1. The number of carbonyl (C=O) groups is 2. The number of hydrogen-bond donors (Lipinski definition) is 4. The van der Waals surface area contributed by atoms with E-state index in [0.29, 0.717) is 44.6 Å². The minimum absolute atomic E-state index is 0.0744. The molecule has 45 heavy (non-hydrogen) atoms. The van der Waals surface area contributed by atoms with Crippen molar-refractivity contribution in [3.63, 3.8) is 0 Å². The van der Waals surface area contributed by atoms with Crippen molar-refractivity contribution in [1.82, 2.24) is 29.9 Å². The van der Waals surface area contributed by atoms with E-state index in [4.69, 9.17) is 21.5 Å². The van der Waals surface area contributed by atoms with Gasteiger partial charge in [-0.05, 0) is 67.7 Å². The molecule has 0 unspecified atom stereocenters. The average Bonchev–Trinajstić information content (AvgIpc) is 3.68. The lowest BCUT2D eigenvalue weighted by Crippen LogP contribution is -2.54. The summed E-state index contributed by atoms with van der Waals surface area (Å²) in [5.41, 5.74) is 2.58. The maximum Gasteiger partial charge on any atom is 0.337 e. The lowest BCUT2D eigenvalue weighted by molar-refractivity contribution is -0.117. The maximum absolute atomic E-state index is 12.4. The summed E-state index contributed by atoms with van der Waals surface area (Å²) in [4.78, 5) is 34.2. The van der Waals surface area contributed by atoms with Crippen molar-refractivity contribution in [1.29, 1.82) is 0 Å². The predicted octanol–water partition coefficient (Wildman–Crippen LogP) is 4.10. The van der Waals surface area contributed by atoms with Crippen molar-refractivity contribution >= 4 is 62.8 Å². The Morgan fingerprint density at radius 1 is 1.09 bits per heavy atom. The highest BCUT2D eigenvalue weighted by atomic mass is 35.5. The van der Waals surface area contributed by atoms with Gasteiger partial charge in [-0.3, -0.25) is 30.0 Å². The zero-order chi connectivity index (χ0) is 31.3. The van der Waals surface area contributed by atoms with Crippen LogP contribution in [0.1, 0.15) is 23.2 Å². The molecule has 15 heteroatoms. The molecule has 2 aromatic heterocycles. The number of fused-ring (bicyclic) bond motifs is 1. The second-order valence-electron chi connectivity index (χ2n) is 11.2. The largest absolute Gasteiger partial charge is 0.492 e. The summed E-state index contributed by atoms with van der Waals surface area (Å²) in [6.45, 7) is 7.58. The molecular weight excluding hydrogens is 636 g/mol. The fraction of sp³-hybridized carbons (Fsp3) is 0.400. The molecule has 5 N–H and O–H groups in total. The number of hydrogen-bond acceptors (Lipinski definition) is 11. The summed E-state index contributed by atoms with van der Waals surface area (Å²) in [5, 5.41) is 27.3. The summed E-state index contributed by atoms with van der Waals surface area (Å²) in [7, 11) is 0. The van der Waals surface area contributed by atoms with Gasteiger partial charge in [-0.1, -0.05) is 35.1 Å². The first-order valence-corrected chi connectivity index (χ1v) is 16.9. The number of nitrogens with one attached hydrogen (secondary N) is 2. The number of likely N-dealkylation sites (tertiary alicyclic amines) is 1. The quantitative estimate of drug-likeness (QED) is 0.135. The standard InChI is InChI=1S/C30H35ClN8O4S2/c31-25-16-26-23(24(17-33-26)28(41)42)15-22(25)19-1-3-21(4-2-19)43-14-13-37-7-5-20(6-8-37)39-11-9-38(10-12-39)18-27(40)34-29-35-36-30(44-29)45-32/h1-4,15-17,20,33H,5-14,18,32H2,(H,41,42)(H,34,35,40). The Morgan fingerprint density at radius 3 is 2.53 bits per heavy atom. The van der Waals surface area contributed by atoms with E-state index in [1.165, 1.54) is 17.5 Å². The van der Waals surface area contributed by atoms with E-state index in [2.05, 4.69) is 35.2 Å². The number of nitrogens with two attached hydrogens (primary N) is 1. The number of piperazine rings is 1. The number of benzene rings is 2. The number of piperidine rings is 1. The summed E-state index contributed by atoms with van der Waals surface area (Å²) in [6, 6.07) is 11.9. The highest BCUT2D eigenvalue weighted by Gasteiger charge is 2.28. The number of nitrogens with zero attached hydrogens (tertiary/aromatic N) is 5. The number of carbonyl (C=O) groups excluding carboxylic acids is 1. The third kappa shape index (κ3) is 7.77. The van der Waals surface area contributed by atoms with E-state index in [-0.39, 0.29) is 11.5 Å². The number of ether oxygens (including phenoxy) is 1. The molecular formula is C30H35ClN8O4S2. The van der Waals surface area contributed by atoms with Crippen LogP contribution in [0.3, 0.4) is 0 Å². The molecule has 0 saturated carbocycles. The number of aromatic carboxylic acids is 1. The number of halogens is 1. The van der Waals surface area contributed by atoms with Gasteiger partial charge >= 0.3 is 5.97 Å². The normalized spacial score (nSPS) is 17.1. The number of carboxylic acids is 1. The second-order valence-corrected chi connectivity index (χ2v) is 13.4. The fourth-order valence-corrected chi connectivity index (χ4v) is 7.31. The third-order valence-corrected chi connectivity index (χ3v) is 10.2. The van der Waals surface area contributed by atoms with Crippen LogP contribution in [0.15, 0.2) is 46.9 Å². The van der Waals surface area contributed by atoms with Crippen LogP contribution in [-0.2, 0) is 4.79 Å². The van der Waals surface area contributed by atoms with Crippen LogP contribution in [0.5, 0.6) is 5.75 Å². The summed E-state index contributed by atoms with van der Waals surface area (Å²) in [5.74, 6) is -0.269. The number of carboxylic acid groups (broad SMARTS) is 1. The van der Waals surface area contributed by atoms with Gasteiger partial charge < -0.3 is 14.8 Å². The molecule has 0 atom stereocenters. The Balaban J connectivity index is 0.903. The molecule has 2 aromatic carbocycles. The molecule has 1 amide bonds. The number of anilines is 1. The van der Waals surface area contributed by atoms with Gasteiger partial charge in [0, 0.05) is 61.4 Å². The molecule has 2 aliphatic heterocycles. The number of H-pyrrole nitrogens is 1. The van der Waals surface area contributed by atoms with Gasteiger partial charge in [0.15, 0.2) is 4.34 Å². The molecule has 0 spiro atoms. The first-order valence-electron chi connectivity index (χ1n) is 14.8. The van der Waals surface area contributed by atoms with Crippen molar-refractivity contribution in [3.05, 3.63) is 53.2 Å². The minimum atomic E-state index is -0.979. The van der Waals surface area contributed by atoms with E-state index >= 15 is 0 Å². The number of aromatic amines is 1. The van der Waals surface area contributed by atoms with Crippen LogP contribution in [0.4, 0.5) is 5.13 Å². The smallest absolute Gasteiger partial charge is 0.337 e. The van der Waals surface area contributed by atoms with Crippen LogP contribution in [0.25, 0.3) is 22.0 Å². The van der Waals surface area contributed by atoms with Gasteiger partial charge in [0.25, 0.3) is 0 Å². The summed E-state index contributed by atoms with van der Waals surface area (Å²) >= 11 is 8.82. The van der Waals surface area contributed by atoms with Crippen LogP contribution < -0.4 is 15.2 Å². The lowest BCUT2D eigenvalue weighted by Gasteiger charge is -2.42. The maximum atomic E-state index is 12.4. The van der Waals surface area contributed by atoms with E-state index in [0.717, 1.165) is 87.5 Å². The Kier molecular flexibility index (Phi) is 10.2. The molecule has 0 bridgehead atoms. The zero-order valence-electron chi connectivity index (χ0n) is 24.6. The number of rotatable bonds is 11. The van der Waals surface area contributed by atoms with Gasteiger partial charge in [0.05, 0.1) is 17.1 Å². The van der Waals surface area contributed by atoms with Crippen molar-refractivity contribution in [3.8, 4) is 16.9 Å². The molecule has 0 radical (unpaired) electrons. The van der Waals surface area contributed by atoms with Crippen molar-refractivity contribution in [2.75, 3.05) is 64.3 Å². The average molecular weight is 671 g/mol. The minimum Gasteiger partial charge on any atom is -0.492 e. The first kappa shape index (κ1) is 31.7. The Labute approximate surface area is 274 Å². The van der Waals surface area contributed by atoms with Gasteiger partial charge in [0.1, 0.15) is 12.4 Å². The number of aromatic nitrogens is 3. The van der Waals surface area contributed by atoms with E-state index in [9.17, 15) is 14.7 Å². The molecule has 6 rings (SSSR count). The van der Waals surface area contributed by atoms with E-state index < -0.39 is 5.97 Å². The zero-order valence-corrected chi connectivity index (χ0v) is 27.0. The fourth-order valence-electron chi connectivity index (χ4n) is 6.03. The van der Waals surface area contributed by atoms with E-state index in [1.807, 2.05) is 30.3 Å². The van der Waals surface area contributed by atoms with Gasteiger partial charge in [-0.15, -0.1) is 10.2 Å². The van der Waals surface area contributed by atoms with Crippen molar-refractivity contribution in [2.45, 2.75) is 23.2 Å². The molecule has 0 aliphatic carbocycles. The topological polar surface area (TPSA) is 153 Å². The first-order chi connectivity index (χ1) is 21.9. The summed E-state index contributed by atoms with van der Waals surface area (Å²) < 4.78 is 6.67. The second kappa shape index (κ2) is 14.5. The molecule has 2 fully saturated rings. The lowest BCUT2D eigenvalue weighted by atomic mass is 10.0. The highest BCUT2D eigenvalue weighted by Crippen LogP contribution is 2.34. The van der Waals surface area contributed by atoms with E-state index in [1.54, 1.807) is 6.07 Å². The van der Waals surface area contributed by atoms with Crippen LogP contribution in [0.2, 0.25) is 5.02 Å².